The third kappa shape index (κ3) is 12.2. The molecule has 18 heteroatoms. The first-order chi connectivity index (χ1) is 41.7. The Bertz CT molecular complexity index is 3250. The molecule has 0 aromatic heterocycles. The van der Waals surface area contributed by atoms with Gasteiger partial charge in [-0.25, -0.2) is 0 Å². The summed E-state index contributed by atoms with van der Waals surface area (Å²) in [5, 5.41) is 44.8. The molecule has 6 aromatic rings. The summed E-state index contributed by atoms with van der Waals surface area (Å²) in [7, 11) is 0. The van der Waals surface area contributed by atoms with Gasteiger partial charge >= 0.3 is 0 Å². The minimum atomic E-state index is -0.660. The predicted octanol–water partition coefficient (Wildman–Crippen LogP) is 16.8. The number of aliphatic hydroxyl groups is 3. The van der Waals surface area contributed by atoms with E-state index in [1.54, 1.807) is 18.2 Å². The summed E-state index contributed by atoms with van der Waals surface area (Å²) in [5.74, 6) is -0.813. The van der Waals surface area contributed by atoms with Gasteiger partial charge in [0.15, 0.2) is 0 Å². The summed E-state index contributed by atoms with van der Waals surface area (Å²) < 4.78 is 0. The van der Waals surface area contributed by atoms with Crippen molar-refractivity contribution in [2.75, 3.05) is 19.8 Å². The Morgan fingerprint density at radius 1 is 0.356 bits per heavy atom. The van der Waals surface area contributed by atoms with E-state index in [1.165, 1.54) is 0 Å². The molecule has 0 spiro atoms. The van der Waals surface area contributed by atoms with Crippen molar-refractivity contribution in [3.05, 3.63) is 242 Å². The summed E-state index contributed by atoms with van der Waals surface area (Å²) in [6.07, 6.45) is 14.3. The number of fused-ring (bicyclic) bond motifs is 3. The van der Waals surface area contributed by atoms with Crippen LogP contribution in [0.4, 0.5) is 0 Å². The smallest absolute Gasteiger partial charge is 0.230 e. The number of nitrogens with one attached hydrogen (secondary N) is 3. The quantitative estimate of drug-likeness (QED) is 0.0673. The van der Waals surface area contributed by atoms with Crippen LogP contribution in [-0.4, -0.2) is 71.0 Å². The number of halogens is 9. The summed E-state index contributed by atoms with van der Waals surface area (Å²) in [6.45, 7) is 5.72. The number of rotatable bonds is 12. The Labute approximate surface area is 553 Å². The Hall–Kier alpha value is -4.56. The second-order valence-corrected chi connectivity index (χ2v) is 27.3. The number of carbonyl (C=O) groups excluding carboxylic acids is 3. The average Bonchev–Trinajstić information content (AvgIpc) is 1.68. The van der Waals surface area contributed by atoms with E-state index in [0.717, 1.165) is 33.4 Å². The monoisotopic (exact) mass is 1350 g/mol. The van der Waals surface area contributed by atoms with E-state index in [-0.39, 0.29) is 109 Å². The SMILES string of the molecule is CC[C@@]12C=C[C@@H](c3ccc(Cl)cc3Cl)[C@H](c3ccc(Cl)cc3)[C@@H]1[C@@H](CO)NC2=O.CC[C@@]12C=C[C@@H](c3ccc(Cl)cc3Cl)[C@H](c3ccc(Cl)cc3)[C@@H]1[C@@H](CO)NC2=O.CC[C@]12C=C[C@H](c3ccc(Cl)cc3Cl)[C@@H](c3ccc(Cl)cc3)[C@H]1[C@H](CO)NC2=O. The Balaban J connectivity index is 0.000000144. The first-order valence-electron chi connectivity index (χ1n) is 29.2. The molecule has 0 unspecified atom stereocenters. The van der Waals surface area contributed by atoms with Crippen LogP contribution in [0.5, 0.6) is 0 Å². The van der Waals surface area contributed by atoms with Crippen LogP contribution in [0.25, 0.3) is 0 Å². The fourth-order valence-corrected chi connectivity index (χ4v) is 17.3. The molecule has 3 aliphatic heterocycles. The zero-order valence-corrected chi connectivity index (χ0v) is 54.5. The standard InChI is InChI=1S/3C23H22Cl3NO2/c3*1-2-23-10-9-17(16-8-7-15(25)11-18(16)26)20(13-3-5-14(24)6-4-13)21(23)19(12-28)27-22(23)29/h3*3-11,17,19-21,28H,2,12H2,1H3,(H,27,29)/t3*17-,19+,20-,21-,23+/m100/s1. The van der Waals surface area contributed by atoms with Crippen LogP contribution >= 0.6 is 104 Å². The van der Waals surface area contributed by atoms with Gasteiger partial charge in [0.25, 0.3) is 0 Å². The topological polar surface area (TPSA) is 148 Å². The maximum atomic E-state index is 13.0. The predicted molar refractivity (Wildman–Crippen MR) is 353 cm³/mol. The van der Waals surface area contributed by atoms with E-state index in [4.69, 9.17) is 104 Å². The molecular formula is C69H66Cl9N3O6. The van der Waals surface area contributed by atoms with Crippen LogP contribution in [0.2, 0.25) is 45.2 Å². The number of hydrogen-bond donors (Lipinski definition) is 6. The van der Waals surface area contributed by atoms with Crippen molar-refractivity contribution in [2.24, 2.45) is 34.0 Å². The largest absolute Gasteiger partial charge is 0.394 e. The van der Waals surface area contributed by atoms with Crippen molar-refractivity contribution in [2.45, 2.75) is 93.7 Å². The van der Waals surface area contributed by atoms with E-state index in [9.17, 15) is 29.7 Å². The highest BCUT2D eigenvalue weighted by molar-refractivity contribution is 6.36. The van der Waals surface area contributed by atoms with E-state index >= 15 is 0 Å². The maximum Gasteiger partial charge on any atom is 0.230 e. The summed E-state index contributed by atoms with van der Waals surface area (Å²) in [6, 6.07) is 38.7. The van der Waals surface area contributed by atoms with Crippen LogP contribution in [0.1, 0.15) is 109 Å². The zero-order chi connectivity index (χ0) is 62.3. The maximum absolute atomic E-state index is 13.0. The lowest BCUT2D eigenvalue weighted by Crippen LogP contribution is -2.42. The molecule has 0 bridgehead atoms. The molecule has 12 rings (SSSR count). The summed E-state index contributed by atoms with van der Waals surface area (Å²) in [5.41, 5.74) is 4.06. The van der Waals surface area contributed by atoms with Crippen LogP contribution in [0, 0.1) is 34.0 Å². The fraction of sp³-hybridized carbons (Fsp3) is 0.348. The summed E-state index contributed by atoms with van der Waals surface area (Å²) >= 11 is 56.5. The van der Waals surface area contributed by atoms with Crippen molar-refractivity contribution in [3.8, 4) is 0 Å². The van der Waals surface area contributed by atoms with E-state index < -0.39 is 16.2 Å². The van der Waals surface area contributed by atoms with Crippen molar-refractivity contribution in [3.63, 3.8) is 0 Å². The molecule has 6 aliphatic rings. The molecule has 6 N–H and O–H groups in total. The molecule has 3 aliphatic carbocycles. The minimum Gasteiger partial charge on any atom is -0.394 e. The normalized spacial score (nSPS) is 30.9. The summed E-state index contributed by atoms with van der Waals surface area (Å²) in [4.78, 5) is 38.9. The van der Waals surface area contributed by atoms with Gasteiger partial charge in [0, 0.05) is 98.5 Å². The highest BCUT2D eigenvalue weighted by Crippen LogP contribution is 2.61. The van der Waals surface area contributed by atoms with Gasteiger partial charge in [-0.2, -0.15) is 0 Å². The lowest BCUT2D eigenvalue weighted by atomic mass is 9.57. The fourth-order valence-electron chi connectivity index (χ4n) is 15.4. The second-order valence-electron chi connectivity index (χ2n) is 23.4. The van der Waals surface area contributed by atoms with Gasteiger partial charge in [0.05, 0.1) is 54.2 Å². The van der Waals surface area contributed by atoms with Crippen molar-refractivity contribution in [1.82, 2.24) is 16.0 Å². The first kappa shape index (κ1) is 65.4. The van der Waals surface area contributed by atoms with Crippen LogP contribution in [-0.2, 0) is 14.4 Å². The zero-order valence-electron chi connectivity index (χ0n) is 47.7. The molecule has 0 saturated carbocycles. The van der Waals surface area contributed by atoms with Gasteiger partial charge in [-0.3, -0.25) is 14.4 Å². The molecular weight excluding hydrogens is 1290 g/mol. The lowest BCUT2D eigenvalue weighted by Gasteiger charge is -2.44. The average molecular weight is 1350 g/mol. The molecule has 3 heterocycles. The Kier molecular flexibility index (Phi) is 20.4. The van der Waals surface area contributed by atoms with Gasteiger partial charge in [-0.15, -0.1) is 0 Å². The molecule has 15 atom stereocenters. The number of carbonyl (C=O) groups is 3. The van der Waals surface area contributed by atoms with Crippen LogP contribution < -0.4 is 16.0 Å². The number of benzene rings is 6. The molecule has 87 heavy (non-hydrogen) atoms. The first-order valence-corrected chi connectivity index (χ1v) is 32.6. The van der Waals surface area contributed by atoms with E-state index in [2.05, 4.69) is 34.2 Å². The lowest BCUT2D eigenvalue weighted by molar-refractivity contribution is -0.127. The number of hydrogen-bond acceptors (Lipinski definition) is 6. The van der Waals surface area contributed by atoms with E-state index in [1.807, 2.05) is 148 Å². The van der Waals surface area contributed by atoms with Gasteiger partial charge in [0.2, 0.25) is 17.7 Å². The minimum absolute atomic E-state index is 0.0279. The Morgan fingerprint density at radius 2 is 0.586 bits per heavy atom. The molecule has 3 amide bonds. The second kappa shape index (κ2) is 27.1. The van der Waals surface area contributed by atoms with Gasteiger partial charge < -0.3 is 31.3 Å². The molecule has 456 valence electrons. The van der Waals surface area contributed by atoms with Crippen LogP contribution in [0.3, 0.4) is 0 Å². The molecule has 9 nitrogen and oxygen atoms in total. The van der Waals surface area contributed by atoms with Crippen molar-refractivity contribution >= 4 is 122 Å². The number of amides is 3. The third-order valence-corrected chi connectivity index (χ3v) is 21.9. The van der Waals surface area contributed by atoms with E-state index in [0.29, 0.717) is 64.5 Å². The Morgan fingerprint density at radius 3 is 0.793 bits per heavy atom. The van der Waals surface area contributed by atoms with Crippen LogP contribution in [0.15, 0.2) is 164 Å². The van der Waals surface area contributed by atoms with Crippen molar-refractivity contribution in [1.29, 1.82) is 0 Å². The molecule has 3 fully saturated rings. The molecule has 6 aromatic carbocycles. The third-order valence-electron chi connectivity index (χ3n) is 19.5. The van der Waals surface area contributed by atoms with Gasteiger partial charge in [-0.1, -0.05) is 216 Å². The van der Waals surface area contributed by atoms with Crippen molar-refractivity contribution < 1.29 is 29.7 Å². The highest BCUT2D eigenvalue weighted by atomic mass is 35.5. The molecule has 0 radical (unpaired) electrons. The number of allylic oxidation sites excluding steroid dienone is 3. The van der Waals surface area contributed by atoms with Gasteiger partial charge in [-0.05, 0) is 125 Å². The molecule has 3 saturated heterocycles. The van der Waals surface area contributed by atoms with Gasteiger partial charge in [0.1, 0.15) is 0 Å². The number of aliphatic hydroxyl groups excluding tert-OH is 3. The highest BCUT2D eigenvalue weighted by Gasteiger charge is 2.61.